The number of guanidine groups is 1. The second kappa shape index (κ2) is 12.3. The summed E-state index contributed by atoms with van der Waals surface area (Å²) in [7, 11) is 1.67. The van der Waals surface area contributed by atoms with E-state index in [0.29, 0.717) is 37.7 Å². The Bertz CT molecular complexity index is 592. The van der Waals surface area contributed by atoms with Crippen LogP contribution in [0.25, 0.3) is 0 Å². The highest BCUT2D eigenvalue weighted by molar-refractivity contribution is 14.0. The van der Waals surface area contributed by atoms with Crippen molar-refractivity contribution in [1.82, 2.24) is 15.1 Å². The van der Waals surface area contributed by atoms with Gasteiger partial charge in [-0.3, -0.25) is 9.79 Å². The molecule has 0 unspecified atom stereocenters. The number of benzene rings is 1. The average Bonchev–Trinajstić information content (AvgIpc) is 2.61. The lowest BCUT2D eigenvalue weighted by Gasteiger charge is -2.36. The molecular formula is C18H28ClIN4O2. The number of rotatable bonds is 6. The summed E-state index contributed by atoms with van der Waals surface area (Å²) in [6, 6.07) is 7.48. The molecule has 0 aliphatic carbocycles. The van der Waals surface area contributed by atoms with Gasteiger partial charge in [-0.25, -0.2) is 0 Å². The summed E-state index contributed by atoms with van der Waals surface area (Å²) < 4.78 is 5.06. The van der Waals surface area contributed by atoms with Crippen molar-refractivity contribution < 1.29 is 9.53 Å². The Morgan fingerprint density at radius 1 is 1.27 bits per heavy atom. The molecule has 0 aromatic heterocycles. The zero-order valence-corrected chi connectivity index (χ0v) is 18.5. The van der Waals surface area contributed by atoms with Crippen molar-refractivity contribution in [2.75, 3.05) is 53.0 Å². The molecule has 2 rings (SSSR count). The van der Waals surface area contributed by atoms with Gasteiger partial charge in [0.15, 0.2) is 5.96 Å². The van der Waals surface area contributed by atoms with E-state index in [1.165, 1.54) is 0 Å². The second-order valence-electron chi connectivity index (χ2n) is 5.90. The normalized spacial score (nSPS) is 14.8. The van der Waals surface area contributed by atoms with Gasteiger partial charge in [-0.05, 0) is 24.6 Å². The lowest BCUT2D eigenvalue weighted by Crippen LogP contribution is -2.54. The minimum absolute atomic E-state index is 0. The van der Waals surface area contributed by atoms with Crippen molar-refractivity contribution >= 4 is 47.4 Å². The number of hydrogen-bond acceptors (Lipinski definition) is 3. The summed E-state index contributed by atoms with van der Waals surface area (Å²) in [6.07, 6.45) is 0.391. The molecule has 0 bridgehead atoms. The Morgan fingerprint density at radius 3 is 2.58 bits per heavy atom. The minimum Gasteiger partial charge on any atom is -0.383 e. The van der Waals surface area contributed by atoms with E-state index < -0.39 is 0 Å². The summed E-state index contributed by atoms with van der Waals surface area (Å²) in [5, 5.41) is 3.97. The summed E-state index contributed by atoms with van der Waals surface area (Å²) in [6.45, 7) is 7.07. The molecule has 26 heavy (non-hydrogen) atoms. The van der Waals surface area contributed by atoms with Gasteiger partial charge < -0.3 is 19.9 Å². The number of halogens is 2. The molecule has 1 aromatic carbocycles. The lowest BCUT2D eigenvalue weighted by atomic mass is 10.1. The molecule has 1 heterocycles. The third-order valence-corrected chi connectivity index (χ3v) is 4.30. The van der Waals surface area contributed by atoms with Gasteiger partial charge in [0.05, 0.1) is 19.6 Å². The molecule has 1 aromatic rings. The molecule has 1 N–H and O–H groups in total. The highest BCUT2D eigenvalue weighted by Gasteiger charge is 2.23. The predicted octanol–water partition coefficient (Wildman–Crippen LogP) is 2.26. The summed E-state index contributed by atoms with van der Waals surface area (Å²) in [4.78, 5) is 21.2. The average molecular weight is 495 g/mol. The van der Waals surface area contributed by atoms with Crippen molar-refractivity contribution in [3.05, 3.63) is 34.9 Å². The zero-order chi connectivity index (χ0) is 18.1. The van der Waals surface area contributed by atoms with E-state index in [-0.39, 0.29) is 29.9 Å². The maximum Gasteiger partial charge on any atom is 0.227 e. The first-order chi connectivity index (χ1) is 12.1. The van der Waals surface area contributed by atoms with Crippen molar-refractivity contribution in [3.8, 4) is 0 Å². The Morgan fingerprint density at radius 2 is 1.96 bits per heavy atom. The number of aliphatic imine (C=N–C) groups is 1. The second-order valence-corrected chi connectivity index (χ2v) is 6.34. The highest BCUT2D eigenvalue weighted by Crippen LogP contribution is 2.13. The number of nitrogens with zero attached hydrogens (tertiary/aromatic N) is 3. The van der Waals surface area contributed by atoms with Gasteiger partial charge in [-0.1, -0.05) is 23.7 Å². The van der Waals surface area contributed by atoms with E-state index in [1.54, 1.807) is 7.11 Å². The van der Waals surface area contributed by atoms with E-state index in [1.807, 2.05) is 29.2 Å². The third kappa shape index (κ3) is 7.28. The van der Waals surface area contributed by atoms with Crippen LogP contribution in [0, 0.1) is 0 Å². The van der Waals surface area contributed by atoms with Gasteiger partial charge in [0.25, 0.3) is 0 Å². The van der Waals surface area contributed by atoms with Crippen LogP contribution in [-0.2, 0) is 16.0 Å². The van der Waals surface area contributed by atoms with Gasteiger partial charge in [0.2, 0.25) is 5.91 Å². The fourth-order valence-electron chi connectivity index (χ4n) is 2.77. The quantitative estimate of drug-likeness (QED) is 0.285. The van der Waals surface area contributed by atoms with Crippen LogP contribution in [0.2, 0.25) is 5.02 Å². The van der Waals surface area contributed by atoms with Gasteiger partial charge in [0, 0.05) is 44.9 Å². The fourth-order valence-corrected chi connectivity index (χ4v) is 2.98. The SMILES string of the molecule is CCNC(=NCCOC)N1CCN(C(=O)Cc2cccc(Cl)c2)CC1.I. The topological polar surface area (TPSA) is 57.2 Å². The maximum absolute atomic E-state index is 12.5. The molecule has 0 radical (unpaired) electrons. The summed E-state index contributed by atoms with van der Waals surface area (Å²) >= 11 is 5.99. The molecule has 6 nitrogen and oxygen atoms in total. The Labute approximate surface area is 177 Å². The van der Waals surface area contributed by atoms with Crippen LogP contribution in [0.1, 0.15) is 12.5 Å². The Kier molecular flexibility index (Phi) is 10.9. The highest BCUT2D eigenvalue weighted by atomic mass is 127. The number of piperazine rings is 1. The van der Waals surface area contributed by atoms with Crippen LogP contribution < -0.4 is 5.32 Å². The van der Waals surface area contributed by atoms with E-state index in [9.17, 15) is 4.79 Å². The standard InChI is InChI=1S/C18H27ClN4O2.HI/c1-3-20-18(21-7-12-25-2)23-10-8-22(9-11-23)17(24)14-15-5-4-6-16(19)13-15;/h4-6,13H,3,7-12,14H2,1-2H3,(H,20,21);1H. The largest absolute Gasteiger partial charge is 0.383 e. The first-order valence-electron chi connectivity index (χ1n) is 8.68. The van der Waals surface area contributed by atoms with Gasteiger partial charge in [-0.15, -0.1) is 24.0 Å². The molecule has 1 saturated heterocycles. The fraction of sp³-hybridized carbons (Fsp3) is 0.556. The van der Waals surface area contributed by atoms with Crippen molar-refractivity contribution in [2.45, 2.75) is 13.3 Å². The summed E-state index contributed by atoms with van der Waals surface area (Å²) in [5.74, 6) is 1.03. The van der Waals surface area contributed by atoms with E-state index in [0.717, 1.165) is 31.2 Å². The van der Waals surface area contributed by atoms with Crippen LogP contribution in [0.4, 0.5) is 0 Å². The first kappa shape index (κ1) is 23.0. The van der Waals surface area contributed by atoms with Crippen LogP contribution >= 0.6 is 35.6 Å². The van der Waals surface area contributed by atoms with Gasteiger partial charge in [-0.2, -0.15) is 0 Å². The predicted molar refractivity (Wildman–Crippen MR) is 117 cm³/mol. The van der Waals surface area contributed by atoms with Gasteiger partial charge >= 0.3 is 0 Å². The van der Waals surface area contributed by atoms with Crippen molar-refractivity contribution in [3.63, 3.8) is 0 Å². The maximum atomic E-state index is 12.5. The molecule has 8 heteroatoms. The van der Waals surface area contributed by atoms with Crippen LogP contribution in [0.3, 0.4) is 0 Å². The lowest BCUT2D eigenvalue weighted by molar-refractivity contribution is -0.131. The molecule has 0 atom stereocenters. The first-order valence-corrected chi connectivity index (χ1v) is 9.06. The molecule has 1 aliphatic rings. The third-order valence-electron chi connectivity index (χ3n) is 4.07. The molecule has 1 aliphatic heterocycles. The number of methoxy groups -OCH3 is 1. The number of hydrogen-bond donors (Lipinski definition) is 1. The van der Waals surface area contributed by atoms with E-state index >= 15 is 0 Å². The number of carbonyl (C=O) groups excluding carboxylic acids is 1. The number of amides is 1. The van der Waals surface area contributed by atoms with E-state index in [4.69, 9.17) is 16.3 Å². The molecule has 0 saturated carbocycles. The minimum atomic E-state index is 0. The van der Waals surface area contributed by atoms with Crippen molar-refractivity contribution in [2.24, 2.45) is 4.99 Å². The Hall–Kier alpha value is -1.06. The zero-order valence-electron chi connectivity index (χ0n) is 15.4. The molecule has 1 fully saturated rings. The summed E-state index contributed by atoms with van der Waals surface area (Å²) in [5.41, 5.74) is 0.953. The van der Waals surface area contributed by atoms with Crippen LogP contribution in [0.5, 0.6) is 0 Å². The molecule has 1 amide bonds. The van der Waals surface area contributed by atoms with Crippen LogP contribution in [0.15, 0.2) is 29.3 Å². The molecular weight excluding hydrogens is 467 g/mol. The number of carbonyl (C=O) groups is 1. The smallest absolute Gasteiger partial charge is 0.227 e. The van der Waals surface area contributed by atoms with Gasteiger partial charge in [0.1, 0.15) is 0 Å². The number of ether oxygens (including phenoxy) is 1. The molecule has 146 valence electrons. The van der Waals surface area contributed by atoms with Crippen LogP contribution in [-0.4, -0.2) is 74.7 Å². The monoisotopic (exact) mass is 494 g/mol. The number of nitrogens with one attached hydrogen (secondary N) is 1. The Balaban J connectivity index is 0.00000338. The van der Waals surface area contributed by atoms with Crippen molar-refractivity contribution in [1.29, 1.82) is 0 Å². The van der Waals surface area contributed by atoms with E-state index in [2.05, 4.69) is 22.1 Å². The molecule has 0 spiro atoms.